The molecule has 25 heavy (non-hydrogen) atoms. The Hall–Kier alpha value is -2.97. The van der Waals surface area contributed by atoms with Gasteiger partial charge in [0.05, 0.1) is 27.9 Å². The molecule has 1 amide bonds. The van der Waals surface area contributed by atoms with Crippen LogP contribution >= 0.6 is 0 Å². The summed E-state index contributed by atoms with van der Waals surface area (Å²) in [4.78, 5) is 25.9. The predicted molar refractivity (Wildman–Crippen MR) is 90.3 cm³/mol. The number of ether oxygens (including phenoxy) is 3. The Morgan fingerprint density at radius 3 is 2.32 bits per heavy atom. The second kappa shape index (κ2) is 10.7. The first-order valence-electron chi connectivity index (χ1n) is 7.55. The second-order valence-corrected chi connectivity index (χ2v) is 4.85. The molecule has 1 aromatic rings. The molecule has 1 N–H and O–H groups in total. The first-order chi connectivity index (χ1) is 12.0. The van der Waals surface area contributed by atoms with Gasteiger partial charge < -0.3 is 24.4 Å². The number of nitrogens with one attached hydrogen (secondary N) is 1. The zero-order valence-electron chi connectivity index (χ0n) is 14.4. The van der Waals surface area contributed by atoms with E-state index < -0.39 is 5.09 Å². The number of nitrogens with zero attached hydrogens (tertiary/aromatic N) is 1. The van der Waals surface area contributed by atoms with Gasteiger partial charge in [-0.05, 0) is 36.6 Å². The molecule has 0 atom stereocenters. The summed E-state index contributed by atoms with van der Waals surface area (Å²) >= 11 is 0. The van der Waals surface area contributed by atoms with E-state index in [9.17, 15) is 14.9 Å². The quantitative estimate of drug-likeness (QED) is 0.279. The standard InChI is InChI=1S/C16H22N2O7/c1-22-13-10-12(11-14(23-2)16(13)24-3)6-7-15(19)17-8-4-5-9-25-18(20)21/h6-7,10-11H,4-5,8-9H2,1-3H3,(H,17,19). The summed E-state index contributed by atoms with van der Waals surface area (Å²) in [6, 6.07) is 3.44. The van der Waals surface area contributed by atoms with Crippen molar-refractivity contribution >= 4 is 12.0 Å². The molecule has 9 nitrogen and oxygen atoms in total. The van der Waals surface area contributed by atoms with Gasteiger partial charge in [0.1, 0.15) is 0 Å². The topological polar surface area (TPSA) is 109 Å². The van der Waals surface area contributed by atoms with Gasteiger partial charge in [-0.15, -0.1) is 10.1 Å². The van der Waals surface area contributed by atoms with Crippen LogP contribution in [-0.4, -0.2) is 45.5 Å². The Morgan fingerprint density at radius 2 is 1.80 bits per heavy atom. The number of benzene rings is 1. The highest BCUT2D eigenvalue weighted by molar-refractivity contribution is 5.91. The summed E-state index contributed by atoms with van der Waals surface area (Å²) < 4.78 is 15.7. The van der Waals surface area contributed by atoms with Gasteiger partial charge >= 0.3 is 0 Å². The number of carbonyl (C=O) groups excluding carboxylic acids is 1. The third-order valence-electron chi connectivity index (χ3n) is 3.18. The normalized spacial score (nSPS) is 10.4. The average Bonchev–Trinajstić information content (AvgIpc) is 2.61. The Kier molecular flexibility index (Phi) is 8.62. The van der Waals surface area contributed by atoms with E-state index in [1.165, 1.54) is 27.4 Å². The van der Waals surface area contributed by atoms with Crippen molar-refractivity contribution in [2.45, 2.75) is 12.8 Å². The van der Waals surface area contributed by atoms with Crippen LogP contribution < -0.4 is 19.5 Å². The van der Waals surface area contributed by atoms with Gasteiger partial charge in [-0.2, -0.15) is 0 Å². The van der Waals surface area contributed by atoms with Crippen molar-refractivity contribution in [3.8, 4) is 17.2 Å². The van der Waals surface area contributed by atoms with E-state index in [1.807, 2.05) is 0 Å². The number of carbonyl (C=O) groups is 1. The van der Waals surface area contributed by atoms with Crippen molar-refractivity contribution in [3.05, 3.63) is 33.9 Å². The van der Waals surface area contributed by atoms with Crippen LogP contribution in [0.4, 0.5) is 0 Å². The maximum atomic E-state index is 11.8. The lowest BCUT2D eigenvalue weighted by Gasteiger charge is -2.12. The van der Waals surface area contributed by atoms with Gasteiger partial charge in [0, 0.05) is 12.6 Å². The number of hydrogen-bond donors (Lipinski definition) is 1. The minimum Gasteiger partial charge on any atom is -0.493 e. The molecule has 0 aliphatic heterocycles. The minimum atomic E-state index is -0.835. The molecule has 0 aliphatic carbocycles. The van der Waals surface area contributed by atoms with Gasteiger partial charge in [-0.1, -0.05) is 0 Å². The van der Waals surface area contributed by atoms with Crippen molar-refractivity contribution in [2.24, 2.45) is 0 Å². The zero-order chi connectivity index (χ0) is 18.7. The zero-order valence-corrected chi connectivity index (χ0v) is 14.4. The summed E-state index contributed by atoms with van der Waals surface area (Å²) in [5.41, 5.74) is 0.712. The van der Waals surface area contributed by atoms with Gasteiger partial charge in [0.25, 0.3) is 5.09 Å². The van der Waals surface area contributed by atoms with E-state index >= 15 is 0 Å². The Bertz CT molecular complexity index is 591. The third-order valence-corrected chi connectivity index (χ3v) is 3.18. The van der Waals surface area contributed by atoms with Crippen LogP contribution in [0.2, 0.25) is 0 Å². The van der Waals surface area contributed by atoms with Crippen LogP contribution in [0.25, 0.3) is 6.08 Å². The number of amides is 1. The highest BCUT2D eigenvalue weighted by Gasteiger charge is 2.12. The number of unbranched alkanes of at least 4 members (excludes halogenated alkanes) is 1. The molecule has 0 aliphatic rings. The first kappa shape index (κ1) is 20.1. The smallest absolute Gasteiger partial charge is 0.294 e. The molecule has 0 saturated carbocycles. The Labute approximate surface area is 145 Å². The predicted octanol–water partition coefficient (Wildman–Crippen LogP) is 1.83. The Balaban J connectivity index is 2.54. The largest absolute Gasteiger partial charge is 0.493 e. The Morgan fingerprint density at radius 1 is 1.16 bits per heavy atom. The summed E-state index contributed by atoms with van der Waals surface area (Å²) in [5, 5.41) is 11.8. The maximum absolute atomic E-state index is 11.8. The highest BCUT2D eigenvalue weighted by atomic mass is 16.9. The third kappa shape index (κ3) is 6.98. The van der Waals surface area contributed by atoms with Crippen LogP contribution in [0, 0.1) is 10.1 Å². The van der Waals surface area contributed by atoms with Crippen molar-refractivity contribution < 1.29 is 28.9 Å². The van der Waals surface area contributed by atoms with Crippen LogP contribution in [0.15, 0.2) is 18.2 Å². The van der Waals surface area contributed by atoms with Crippen molar-refractivity contribution in [2.75, 3.05) is 34.5 Å². The van der Waals surface area contributed by atoms with Gasteiger partial charge in [0.15, 0.2) is 11.5 Å². The molecule has 0 spiro atoms. The molecule has 9 heteroatoms. The van der Waals surface area contributed by atoms with E-state index in [0.29, 0.717) is 42.2 Å². The van der Waals surface area contributed by atoms with Crippen LogP contribution in [0.3, 0.4) is 0 Å². The van der Waals surface area contributed by atoms with Crippen LogP contribution in [0.5, 0.6) is 17.2 Å². The second-order valence-electron chi connectivity index (χ2n) is 4.85. The summed E-state index contributed by atoms with van der Waals surface area (Å²) in [5.74, 6) is 1.19. The fourth-order valence-electron chi connectivity index (χ4n) is 2.01. The monoisotopic (exact) mass is 354 g/mol. The molecule has 0 saturated heterocycles. The van der Waals surface area contributed by atoms with Crippen LogP contribution in [-0.2, 0) is 9.63 Å². The fourth-order valence-corrected chi connectivity index (χ4v) is 2.01. The lowest BCUT2D eigenvalue weighted by Crippen LogP contribution is -2.22. The SMILES string of the molecule is COc1cc(C=CC(=O)NCCCCO[N+](=O)[O-])cc(OC)c1OC. The van der Waals surface area contributed by atoms with Crippen LogP contribution in [0.1, 0.15) is 18.4 Å². The summed E-state index contributed by atoms with van der Waals surface area (Å²) in [6.07, 6.45) is 4.07. The first-order valence-corrected chi connectivity index (χ1v) is 7.55. The lowest BCUT2D eigenvalue weighted by atomic mass is 10.1. The highest BCUT2D eigenvalue weighted by Crippen LogP contribution is 2.38. The molecule has 0 bridgehead atoms. The molecule has 0 fully saturated rings. The number of hydrogen-bond acceptors (Lipinski definition) is 7. The van der Waals surface area contributed by atoms with Gasteiger partial charge in [-0.3, -0.25) is 4.79 Å². The molecule has 0 unspecified atom stereocenters. The molecular formula is C16H22N2O7. The molecule has 0 aromatic heterocycles. The number of rotatable bonds is 11. The van der Waals surface area contributed by atoms with E-state index in [4.69, 9.17) is 14.2 Å². The maximum Gasteiger partial charge on any atom is 0.294 e. The van der Waals surface area contributed by atoms with E-state index in [1.54, 1.807) is 18.2 Å². The fraction of sp³-hybridized carbons (Fsp3) is 0.438. The van der Waals surface area contributed by atoms with E-state index in [-0.39, 0.29) is 12.5 Å². The molecule has 1 aromatic carbocycles. The van der Waals surface area contributed by atoms with Crippen molar-refractivity contribution in [1.29, 1.82) is 0 Å². The molecule has 138 valence electrons. The molecule has 1 rings (SSSR count). The minimum absolute atomic E-state index is 0.0180. The van der Waals surface area contributed by atoms with E-state index in [2.05, 4.69) is 10.2 Å². The average molecular weight is 354 g/mol. The van der Waals surface area contributed by atoms with E-state index in [0.717, 1.165) is 0 Å². The lowest BCUT2D eigenvalue weighted by molar-refractivity contribution is -0.757. The number of methoxy groups -OCH3 is 3. The molecule has 0 radical (unpaired) electrons. The summed E-state index contributed by atoms with van der Waals surface area (Å²) in [6.45, 7) is 0.420. The van der Waals surface area contributed by atoms with Crippen molar-refractivity contribution in [3.63, 3.8) is 0 Å². The van der Waals surface area contributed by atoms with Crippen molar-refractivity contribution in [1.82, 2.24) is 5.32 Å². The summed E-state index contributed by atoms with van der Waals surface area (Å²) in [7, 11) is 4.54. The van der Waals surface area contributed by atoms with Gasteiger partial charge in [0.2, 0.25) is 11.7 Å². The molecular weight excluding hydrogens is 332 g/mol. The molecule has 0 heterocycles. The van der Waals surface area contributed by atoms with Gasteiger partial charge in [-0.25, -0.2) is 0 Å².